The van der Waals surface area contributed by atoms with E-state index in [2.05, 4.69) is 28.3 Å². The maximum Gasteiger partial charge on any atom is 0.213 e. The highest BCUT2D eigenvalue weighted by molar-refractivity contribution is 7.10. The molecule has 4 heterocycles. The fourth-order valence-corrected chi connectivity index (χ4v) is 4.79. The summed E-state index contributed by atoms with van der Waals surface area (Å²) in [5, 5.41) is 2.19. The molecule has 2 saturated heterocycles. The van der Waals surface area contributed by atoms with Gasteiger partial charge in [0.2, 0.25) is 5.88 Å². The van der Waals surface area contributed by atoms with Crippen LogP contribution in [0.1, 0.15) is 29.7 Å². The summed E-state index contributed by atoms with van der Waals surface area (Å²) in [4.78, 5) is 8.29. The lowest BCUT2D eigenvalue weighted by atomic mass is 9.89. The van der Waals surface area contributed by atoms with Crippen LogP contribution in [0.15, 0.2) is 35.8 Å². The summed E-state index contributed by atoms with van der Waals surface area (Å²) in [5.74, 6) is 0.699. The number of aryl methyl sites for hydroxylation is 1. The van der Waals surface area contributed by atoms with Gasteiger partial charge in [0.05, 0.1) is 12.2 Å². The third kappa shape index (κ3) is 3.48. The molecule has 0 N–H and O–H groups in total. The first kappa shape index (κ1) is 16.1. The molecule has 0 bridgehead atoms. The molecule has 4 nitrogen and oxygen atoms in total. The normalized spacial score (nSPS) is 27.6. The number of aromatic nitrogens is 1. The van der Waals surface area contributed by atoms with Crippen molar-refractivity contribution in [3.63, 3.8) is 0 Å². The number of nitrogens with zero attached hydrogens (tertiary/aromatic N) is 2. The maximum absolute atomic E-state index is 6.25. The molecule has 2 atom stereocenters. The summed E-state index contributed by atoms with van der Waals surface area (Å²) in [5.41, 5.74) is 1.37. The second kappa shape index (κ2) is 6.82. The molecule has 1 spiro atoms. The van der Waals surface area contributed by atoms with Gasteiger partial charge in [-0.05, 0) is 49.4 Å². The van der Waals surface area contributed by atoms with Gasteiger partial charge in [-0.2, -0.15) is 0 Å². The Hall–Kier alpha value is -1.43. The minimum atomic E-state index is -0.0388. The van der Waals surface area contributed by atoms with Crippen LogP contribution in [0.3, 0.4) is 0 Å². The number of rotatable bonds is 4. The van der Waals surface area contributed by atoms with E-state index in [0.29, 0.717) is 12.5 Å². The Balaban J connectivity index is 1.38. The van der Waals surface area contributed by atoms with Crippen LogP contribution in [-0.2, 0) is 11.3 Å². The van der Waals surface area contributed by atoms with E-state index in [0.717, 1.165) is 32.5 Å². The molecule has 0 radical (unpaired) electrons. The van der Waals surface area contributed by atoms with E-state index in [-0.39, 0.29) is 11.7 Å². The van der Waals surface area contributed by atoms with E-state index >= 15 is 0 Å². The predicted octanol–water partition coefficient (Wildman–Crippen LogP) is 3.65. The number of thiophene rings is 1. The van der Waals surface area contributed by atoms with E-state index in [4.69, 9.17) is 9.47 Å². The van der Waals surface area contributed by atoms with Crippen LogP contribution >= 0.6 is 11.3 Å². The summed E-state index contributed by atoms with van der Waals surface area (Å²) in [6, 6.07) is 7.99. The Morgan fingerprint density at radius 1 is 1.42 bits per heavy atom. The lowest BCUT2D eigenvalue weighted by molar-refractivity contribution is -0.0536. The van der Waals surface area contributed by atoms with Crippen LogP contribution in [0.4, 0.5) is 0 Å². The topological polar surface area (TPSA) is 34.6 Å². The van der Waals surface area contributed by atoms with Crippen LogP contribution in [0.25, 0.3) is 0 Å². The monoisotopic (exact) mass is 344 g/mol. The molecule has 5 heteroatoms. The zero-order valence-corrected chi connectivity index (χ0v) is 14.9. The molecule has 0 unspecified atom stereocenters. The van der Waals surface area contributed by atoms with Gasteiger partial charge in [0, 0.05) is 36.7 Å². The fourth-order valence-electron chi connectivity index (χ4n) is 3.84. The highest BCUT2D eigenvalue weighted by Gasteiger charge is 2.44. The van der Waals surface area contributed by atoms with Gasteiger partial charge in [-0.15, -0.1) is 11.3 Å². The van der Waals surface area contributed by atoms with Crippen molar-refractivity contribution in [3.8, 4) is 5.88 Å². The van der Waals surface area contributed by atoms with Crippen molar-refractivity contribution >= 4 is 11.3 Å². The van der Waals surface area contributed by atoms with Crippen molar-refractivity contribution in [3.05, 3.63) is 46.3 Å². The Labute approximate surface area is 147 Å². The fraction of sp³-hybridized carbons (Fsp3) is 0.526. The van der Waals surface area contributed by atoms with Gasteiger partial charge in [-0.25, -0.2) is 4.98 Å². The molecule has 4 rings (SSSR count). The number of piperidine rings is 1. The molecule has 2 aromatic heterocycles. The van der Waals surface area contributed by atoms with Gasteiger partial charge in [0.25, 0.3) is 0 Å². The largest absolute Gasteiger partial charge is 0.472 e. The molecule has 0 aliphatic carbocycles. The number of pyridine rings is 1. The highest BCUT2D eigenvalue weighted by atomic mass is 32.1. The van der Waals surface area contributed by atoms with Crippen LogP contribution in [0.5, 0.6) is 5.88 Å². The first-order chi connectivity index (χ1) is 11.7. The van der Waals surface area contributed by atoms with E-state index in [1.807, 2.05) is 29.5 Å². The third-order valence-corrected chi connectivity index (χ3v) is 6.06. The van der Waals surface area contributed by atoms with Crippen LogP contribution in [0.2, 0.25) is 0 Å². The SMILES string of the molecule is Cc1ccsc1CN1CCC[C@@]2(C[C@@H](Oc3ccccn3)CO2)C1. The number of hydrogen-bond acceptors (Lipinski definition) is 5. The lowest BCUT2D eigenvalue weighted by Gasteiger charge is -2.39. The lowest BCUT2D eigenvalue weighted by Crippen LogP contribution is -2.47. The Morgan fingerprint density at radius 3 is 3.17 bits per heavy atom. The molecular weight excluding hydrogens is 320 g/mol. The number of likely N-dealkylation sites (tertiary alicyclic amines) is 1. The van der Waals surface area contributed by atoms with Crippen LogP contribution < -0.4 is 4.74 Å². The summed E-state index contributed by atoms with van der Waals surface area (Å²) in [6.45, 7) is 6.08. The molecule has 24 heavy (non-hydrogen) atoms. The van der Waals surface area contributed by atoms with E-state index < -0.39 is 0 Å². The Kier molecular flexibility index (Phi) is 4.57. The van der Waals surface area contributed by atoms with Crippen molar-refractivity contribution < 1.29 is 9.47 Å². The van der Waals surface area contributed by atoms with E-state index in [1.165, 1.54) is 16.9 Å². The van der Waals surface area contributed by atoms with Gasteiger partial charge in [0.15, 0.2) is 0 Å². The van der Waals surface area contributed by atoms with Crippen molar-refractivity contribution in [2.24, 2.45) is 0 Å². The Morgan fingerprint density at radius 2 is 2.38 bits per heavy atom. The van der Waals surface area contributed by atoms with E-state index in [9.17, 15) is 0 Å². The second-order valence-electron chi connectivity index (χ2n) is 6.95. The van der Waals surface area contributed by atoms with Gasteiger partial charge >= 0.3 is 0 Å². The molecule has 2 aliphatic rings. The van der Waals surface area contributed by atoms with Crippen molar-refractivity contribution in [2.75, 3.05) is 19.7 Å². The van der Waals surface area contributed by atoms with Gasteiger partial charge in [0.1, 0.15) is 6.10 Å². The smallest absolute Gasteiger partial charge is 0.213 e. The highest BCUT2D eigenvalue weighted by Crippen LogP contribution is 2.36. The maximum atomic E-state index is 6.25. The predicted molar refractivity (Wildman–Crippen MR) is 95.5 cm³/mol. The number of hydrogen-bond donors (Lipinski definition) is 0. The molecule has 2 aromatic rings. The second-order valence-corrected chi connectivity index (χ2v) is 7.95. The van der Waals surface area contributed by atoms with Crippen LogP contribution in [0, 0.1) is 6.92 Å². The minimum absolute atomic E-state index is 0.0388. The van der Waals surface area contributed by atoms with Gasteiger partial charge < -0.3 is 9.47 Å². The summed E-state index contributed by atoms with van der Waals surface area (Å²) >= 11 is 1.86. The Bertz CT molecular complexity index is 675. The van der Waals surface area contributed by atoms with Crippen molar-refractivity contribution in [1.29, 1.82) is 0 Å². The summed E-state index contributed by atoms with van der Waals surface area (Å²) < 4.78 is 12.3. The summed E-state index contributed by atoms with van der Waals surface area (Å²) in [7, 11) is 0. The zero-order valence-electron chi connectivity index (χ0n) is 14.1. The van der Waals surface area contributed by atoms with Crippen molar-refractivity contribution in [1.82, 2.24) is 9.88 Å². The molecule has 2 aliphatic heterocycles. The van der Waals surface area contributed by atoms with Crippen molar-refractivity contribution in [2.45, 2.75) is 44.4 Å². The molecule has 0 saturated carbocycles. The summed E-state index contributed by atoms with van der Waals surface area (Å²) in [6.07, 6.45) is 5.18. The third-order valence-electron chi connectivity index (χ3n) is 5.05. The molecular formula is C19H24N2O2S. The standard InChI is InChI=1S/C19H24N2O2S/c1-15-6-10-24-17(15)12-21-9-4-7-19(14-21)11-16(13-22-19)23-18-5-2-3-8-20-18/h2-3,5-6,8,10,16H,4,7,9,11-14H2,1H3/t16-,19-/m1/s1. The average molecular weight is 344 g/mol. The van der Waals surface area contributed by atoms with Gasteiger partial charge in [-0.1, -0.05) is 6.07 Å². The minimum Gasteiger partial charge on any atom is -0.472 e. The van der Waals surface area contributed by atoms with Gasteiger partial charge in [-0.3, -0.25) is 4.90 Å². The molecule has 0 amide bonds. The quantitative estimate of drug-likeness (QED) is 0.848. The molecule has 128 valence electrons. The van der Waals surface area contributed by atoms with E-state index in [1.54, 1.807) is 6.20 Å². The molecule has 2 fully saturated rings. The first-order valence-corrected chi connectivity index (χ1v) is 9.57. The molecule has 0 aromatic carbocycles. The first-order valence-electron chi connectivity index (χ1n) is 8.69. The zero-order chi connectivity index (χ0) is 16.4. The van der Waals surface area contributed by atoms with Crippen LogP contribution in [-0.4, -0.2) is 41.3 Å². The number of ether oxygens (including phenoxy) is 2. The average Bonchev–Trinajstić information content (AvgIpc) is 3.16.